The SMILES string of the molecule is CCc1ccc([C@H](CF)N2CCNCC2)cc1.Cl.Cl. The number of hydrogen-bond acceptors (Lipinski definition) is 2. The van der Waals surface area contributed by atoms with Crippen molar-refractivity contribution in [1.29, 1.82) is 0 Å². The van der Waals surface area contributed by atoms with E-state index in [0.29, 0.717) is 0 Å². The van der Waals surface area contributed by atoms with Crippen LogP contribution in [0.25, 0.3) is 0 Å². The van der Waals surface area contributed by atoms with E-state index in [0.717, 1.165) is 38.2 Å². The van der Waals surface area contributed by atoms with Crippen LogP contribution in [0.15, 0.2) is 24.3 Å². The summed E-state index contributed by atoms with van der Waals surface area (Å²) in [6.07, 6.45) is 1.04. The van der Waals surface area contributed by atoms with Crippen LogP contribution in [0.3, 0.4) is 0 Å². The third-order valence-corrected chi connectivity index (χ3v) is 3.51. The van der Waals surface area contributed by atoms with Gasteiger partial charge in [0, 0.05) is 26.2 Å². The molecule has 0 radical (unpaired) electrons. The van der Waals surface area contributed by atoms with Gasteiger partial charge in [-0.2, -0.15) is 0 Å². The number of piperazine rings is 1. The van der Waals surface area contributed by atoms with Crippen molar-refractivity contribution in [2.45, 2.75) is 19.4 Å². The molecule has 110 valence electrons. The van der Waals surface area contributed by atoms with Crippen LogP contribution in [0, 0.1) is 0 Å². The van der Waals surface area contributed by atoms with Crippen molar-refractivity contribution in [3.63, 3.8) is 0 Å². The van der Waals surface area contributed by atoms with Gasteiger partial charge < -0.3 is 5.32 Å². The van der Waals surface area contributed by atoms with E-state index in [-0.39, 0.29) is 37.5 Å². The Morgan fingerprint density at radius 1 is 1.16 bits per heavy atom. The Hall–Kier alpha value is -0.350. The summed E-state index contributed by atoms with van der Waals surface area (Å²) in [7, 11) is 0. The zero-order valence-corrected chi connectivity index (χ0v) is 12.9. The zero-order chi connectivity index (χ0) is 12.1. The van der Waals surface area contributed by atoms with Gasteiger partial charge in [-0.25, -0.2) is 4.39 Å². The maximum absolute atomic E-state index is 13.2. The summed E-state index contributed by atoms with van der Waals surface area (Å²) >= 11 is 0. The second-order valence-electron chi connectivity index (χ2n) is 4.55. The number of alkyl halides is 1. The summed E-state index contributed by atoms with van der Waals surface area (Å²) in [4.78, 5) is 2.23. The molecule has 0 spiro atoms. The topological polar surface area (TPSA) is 15.3 Å². The van der Waals surface area contributed by atoms with Crippen molar-refractivity contribution in [3.05, 3.63) is 35.4 Å². The Bertz CT molecular complexity index is 340. The van der Waals surface area contributed by atoms with Crippen LogP contribution in [0.2, 0.25) is 0 Å². The maximum Gasteiger partial charge on any atom is 0.109 e. The molecule has 1 aliphatic heterocycles. The predicted octanol–water partition coefficient (Wildman–Crippen LogP) is 3.01. The van der Waals surface area contributed by atoms with Crippen molar-refractivity contribution in [2.24, 2.45) is 0 Å². The first-order chi connectivity index (χ1) is 8.35. The second kappa shape index (κ2) is 9.54. The summed E-state index contributed by atoms with van der Waals surface area (Å²) < 4.78 is 13.2. The average molecular weight is 309 g/mol. The highest BCUT2D eigenvalue weighted by Crippen LogP contribution is 2.22. The Labute approximate surface area is 127 Å². The minimum absolute atomic E-state index is 0. The normalized spacial score (nSPS) is 17.2. The Morgan fingerprint density at radius 3 is 2.21 bits per heavy atom. The molecule has 0 bridgehead atoms. The standard InChI is InChI=1S/C14H21FN2.2ClH/c1-2-12-3-5-13(6-4-12)14(11-15)17-9-7-16-8-10-17;;/h3-6,14,16H,2,7-11H2,1H3;2*1H/t14-;;/m0../s1. The molecular weight excluding hydrogens is 286 g/mol. The molecule has 1 saturated heterocycles. The van der Waals surface area contributed by atoms with Gasteiger partial charge in [-0.3, -0.25) is 4.90 Å². The second-order valence-corrected chi connectivity index (χ2v) is 4.55. The average Bonchev–Trinajstić information content (AvgIpc) is 2.42. The number of aryl methyl sites for hydroxylation is 1. The molecule has 5 heteroatoms. The molecule has 1 N–H and O–H groups in total. The fourth-order valence-corrected chi connectivity index (χ4v) is 2.37. The lowest BCUT2D eigenvalue weighted by Gasteiger charge is -2.33. The van der Waals surface area contributed by atoms with Crippen LogP contribution in [-0.2, 0) is 6.42 Å². The number of nitrogens with one attached hydrogen (secondary N) is 1. The largest absolute Gasteiger partial charge is 0.314 e. The van der Waals surface area contributed by atoms with E-state index in [4.69, 9.17) is 0 Å². The van der Waals surface area contributed by atoms with Gasteiger partial charge in [-0.05, 0) is 17.5 Å². The maximum atomic E-state index is 13.2. The molecule has 1 aromatic carbocycles. The molecule has 1 aromatic rings. The van der Waals surface area contributed by atoms with Crippen LogP contribution in [0.4, 0.5) is 4.39 Å². The summed E-state index contributed by atoms with van der Waals surface area (Å²) in [5, 5.41) is 3.30. The van der Waals surface area contributed by atoms with Gasteiger partial charge in [0.2, 0.25) is 0 Å². The van der Waals surface area contributed by atoms with E-state index >= 15 is 0 Å². The van der Waals surface area contributed by atoms with Gasteiger partial charge in [0.05, 0.1) is 6.04 Å². The van der Waals surface area contributed by atoms with Gasteiger partial charge in [-0.15, -0.1) is 24.8 Å². The lowest BCUT2D eigenvalue weighted by Crippen LogP contribution is -2.45. The molecule has 2 nitrogen and oxygen atoms in total. The highest BCUT2D eigenvalue weighted by atomic mass is 35.5. The van der Waals surface area contributed by atoms with Gasteiger partial charge in [0.15, 0.2) is 0 Å². The van der Waals surface area contributed by atoms with Crippen LogP contribution < -0.4 is 5.32 Å². The minimum atomic E-state index is -0.300. The summed E-state index contributed by atoms with van der Waals surface area (Å²) in [5.41, 5.74) is 2.42. The van der Waals surface area contributed by atoms with E-state index in [2.05, 4.69) is 41.4 Å². The monoisotopic (exact) mass is 308 g/mol. The van der Waals surface area contributed by atoms with Crippen LogP contribution in [-0.4, -0.2) is 37.8 Å². The van der Waals surface area contributed by atoms with E-state index in [1.165, 1.54) is 5.56 Å². The first kappa shape index (κ1) is 18.7. The molecule has 0 saturated carbocycles. The Balaban J connectivity index is 0.00000162. The molecule has 0 aliphatic carbocycles. The van der Waals surface area contributed by atoms with Gasteiger partial charge in [0.25, 0.3) is 0 Å². The molecule has 0 unspecified atom stereocenters. The van der Waals surface area contributed by atoms with Gasteiger partial charge >= 0.3 is 0 Å². The van der Waals surface area contributed by atoms with E-state index in [1.54, 1.807) is 0 Å². The first-order valence-corrected chi connectivity index (χ1v) is 6.44. The van der Waals surface area contributed by atoms with Gasteiger partial charge in [0.1, 0.15) is 6.67 Å². The fraction of sp³-hybridized carbons (Fsp3) is 0.571. The van der Waals surface area contributed by atoms with Crippen LogP contribution >= 0.6 is 24.8 Å². The van der Waals surface area contributed by atoms with Crippen molar-refractivity contribution in [2.75, 3.05) is 32.9 Å². The van der Waals surface area contributed by atoms with E-state index in [1.807, 2.05) is 0 Å². The molecule has 0 amide bonds. The third-order valence-electron chi connectivity index (χ3n) is 3.51. The van der Waals surface area contributed by atoms with Crippen molar-refractivity contribution < 1.29 is 4.39 Å². The smallest absolute Gasteiger partial charge is 0.109 e. The third kappa shape index (κ3) is 4.92. The number of benzene rings is 1. The van der Waals surface area contributed by atoms with Crippen molar-refractivity contribution in [3.8, 4) is 0 Å². The van der Waals surface area contributed by atoms with Crippen molar-refractivity contribution >= 4 is 24.8 Å². The van der Waals surface area contributed by atoms with Crippen LogP contribution in [0.1, 0.15) is 24.1 Å². The number of rotatable bonds is 4. The number of halogens is 3. The Morgan fingerprint density at radius 2 is 1.74 bits per heavy atom. The molecule has 1 fully saturated rings. The molecule has 0 aromatic heterocycles. The fourth-order valence-electron chi connectivity index (χ4n) is 2.37. The number of nitrogens with zero attached hydrogens (tertiary/aromatic N) is 1. The summed E-state index contributed by atoms with van der Waals surface area (Å²) in [6.45, 7) is 5.63. The quantitative estimate of drug-likeness (QED) is 0.920. The van der Waals surface area contributed by atoms with Crippen molar-refractivity contribution in [1.82, 2.24) is 10.2 Å². The predicted molar refractivity (Wildman–Crippen MR) is 83.5 cm³/mol. The van der Waals surface area contributed by atoms with E-state index < -0.39 is 0 Å². The lowest BCUT2D eigenvalue weighted by atomic mass is 10.0. The lowest BCUT2D eigenvalue weighted by molar-refractivity contribution is 0.147. The summed E-state index contributed by atoms with van der Waals surface area (Å²) in [5.74, 6) is 0. The molecule has 1 atom stereocenters. The first-order valence-electron chi connectivity index (χ1n) is 6.44. The summed E-state index contributed by atoms with van der Waals surface area (Å²) in [6, 6.07) is 8.30. The van der Waals surface area contributed by atoms with E-state index in [9.17, 15) is 4.39 Å². The number of hydrogen-bond donors (Lipinski definition) is 1. The molecule has 1 aliphatic rings. The highest BCUT2D eigenvalue weighted by molar-refractivity contribution is 5.85. The zero-order valence-electron chi connectivity index (χ0n) is 11.3. The van der Waals surface area contributed by atoms with Gasteiger partial charge in [-0.1, -0.05) is 31.2 Å². The molecule has 19 heavy (non-hydrogen) atoms. The highest BCUT2D eigenvalue weighted by Gasteiger charge is 2.21. The minimum Gasteiger partial charge on any atom is -0.314 e. The Kier molecular flexibility index (Phi) is 9.36. The van der Waals surface area contributed by atoms with Crippen LogP contribution in [0.5, 0.6) is 0 Å². The molecular formula is C14H23Cl2FN2. The molecule has 2 rings (SSSR count). The molecule has 1 heterocycles.